The Balaban J connectivity index is 2.23. The van der Waals surface area contributed by atoms with Crippen molar-refractivity contribution in [1.29, 1.82) is 0 Å². The van der Waals surface area contributed by atoms with Gasteiger partial charge in [0.15, 0.2) is 0 Å². The average molecular weight is 349 g/mol. The van der Waals surface area contributed by atoms with Crippen molar-refractivity contribution in [2.75, 3.05) is 13.0 Å². The van der Waals surface area contributed by atoms with Crippen LogP contribution in [-0.4, -0.2) is 13.0 Å². The summed E-state index contributed by atoms with van der Waals surface area (Å²) < 4.78 is 5.31. The highest BCUT2D eigenvalue weighted by Crippen LogP contribution is 2.35. The van der Waals surface area contributed by atoms with Crippen molar-refractivity contribution in [3.63, 3.8) is 0 Å². The van der Waals surface area contributed by atoms with Gasteiger partial charge in [-0.15, -0.1) is 11.6 Å². The maximum Gasteiger partial charge on any atom is 0.118 e. The quantitative estimate of drug-likeness (QED) is 0.376. The van der Waals surface area contributed by atoms with Crippen LogP contribution in [0.15, 0.2) is 84.9 Å². The van der Waals surface area contributed by atoms with E-state index in [0.29, 0.717) is 5.88 Å². The van der Waals surface area contributed by atoms with Gasteiger partial charge in [0.25, 0.3) is 0 Å². The summed E-state index contributed by atoms with van der Waals surface area (Å²) in [5.74, 6) is 1.44. The summed E-state index contributed by atoms with van der Waals surface area (Å²) in [5, 5.41) is 0. The number of hydrogen-bond acceptors (Lipinski definition) is 1. The molecule has 3 aromatic rings. The molecule has 126 valence electrons. The fraction of sp³-hybridized carbons (Fsp3) is 0.130. The van der Waals surface area contributed by atoms with Gasteiger partial charge in [-0.05, 0) is 46.4 Å². The number of rotatable bonds is 6. The van der Waals surface area contributed by atoms with Crippen LogP contribution in [0, 0.1) is 0 Å². The van der Waals surface area contributed by atoms with Crippen molar-refractivity contribution in [2.45, 2.75) is 6.42 Å². The van der Waals surface area contributed by atoms with E-state index in [1.165, 1.54) is 22.3 Å². The maximum absolute atomic E-state index is 6.16. The fourth-order valence-electron chi connectivity index (χ4n) is 3.03. The normalized spacial score (nSPS) is 11.8. The molecule has 0 fully saturated rings. The lowest BCUT2D eigenvalue weighted by molar-refractivity contribution is 0.415. The van der Waals surface area contributed by atoms with Crippen LogP contribution in [0.2, 0.25) is 0 Å². The third kappa shape index (κ3) is 4.12. The topological polar surface area (TPSA) is 9.23 Å². The predicted molar refractivity (Wildman–Crippen MR) is 107 cm³/mol. The maximum atomic E-state index is 6.16. The zero-order valence-electron chi connectivity index (χ0n) is 14.3. The largest absolute Gasteiger partial charge is 0.497 e. The molecular weight excluding hydrogens is 328 g/mol. The second kappa shape index (κ2) is 8.55. The first kappa shape index (κ1) is 17.3. The Kier molecular flexibility index (Phi) is 5.92. The minimum absolute atomic E-state index is 0.580. The van der Waals surface area contributed by atoms with Crippen molar-refractivity contribution in [1.82, 2.24) is 0 Å². The van der Waals surface area contributed by atoms with Crippen LogP contribution in [0.4, 0.5) is 0 Å². The van der Waals surface area contributed by atoms with Crippen molar-refractivity contribution in [2.24, 2.45) is 0 Å². The van der Waals surface area contributed by atoms with Crippen molar-refractivity contribution in [3.05, 3.63) is 102 Å². The van der Waals surface area contributed by atoms with E-state index in [2.05, 4.69) is 60.7 Å². The molecule has 0 aliphatic rings. The molecule has 0 spiro atoms. The highest BCUT2D eigenvalue weighted by molar-refractivity contribution is 6.18. The van der Waals surface area contributed by atoms with E-state index in [1.54, 1.807) is 7.11 Å². The number of methoxy groups -OCH3 is 1. The van der Waals surface area contributed by atoms with Gasteiger partial charge in [0.2, 0.25) is 0 Å². The highest BCUT2D eigenvalue weighted by atomic mass is 35.5. The molecular formula is C23H21ClO. The van der Waals surface area contributed by atoms with Gasteiger partial charge in [-0.2, -0.15) is 0 Å². The second-order valence-corrected chi connectivity index (χ2v) is 6.13. The van der Waals surface area contributed by atoms with E-state index in [1.807, 2.05) is 24.3 Å². The molecule has 0 unspecified atom stereocenters. The summed E-state index contributed by atoms with van der Waals surface area (Å²) in [5.41, 5.74) is 6.03. The van der Waals surface area contributed by atoms with Crippen molar-refractivity contribution in [3.8, 4) is 5.75 Å². The Morgan fingerprint density at radius 3 is 1.76 bits per heavy atom. The molecule has 3 rings (SSSR count). The van der Waals surface area contributed by atoms with Crippen LogP contribution in [0.1, 0.15) is 23.1 Å². The van der Waals surface area contributed by atoms with Crippen molar-refractivity contribution < 1.29 is 4.74 Å². The Morgan fingerprint density at radius 1 is 0.720 bits per heavy atom. The number of allylic oxidation sites excluding steroid dienone is 1. The lowest BCUT2D eigenvalue weighted by atomic mass is 9.88. The van der Waals surface area contributed by atoms with E-state index in [0.717, 1.165) is 17.7 Å². The summed E-state index contributed by atoms with van der Waals surface area (Å²) in [4.78, 5) is 0. The van der Waals surface area contributed by atoms with Gasteiger partial charge in [0, 0.05) is 5.88 Å². The van der Waals surface area contributed by atoms with Crippen LogP contribution >= 0.6 is 11.6 Å². The van der Waals surface area contributed by atoms with Gasteiger partial charge in [-0.25, -0.2) is 0 Å². The molecule has 25 heavy (non-hydrogen) atoms. The average Bonchev–Trinajstić information content (AvgIpc) is 2.69. The third-order valence-corrected chi connectivity index (χ3v) is 4.40. The van der Waals surface area contributed by atoms with E-state index in [4.69, 9.17) is 16.3 Å². The zero-order chi connectivity index (χ0) is 17.5. The third-order valence-electron chi connectivity index (χ3n) is 4.21. The minimum atomic E-state index is 0.580. The van der Waals surface area contributed by atoms with Crippen LogP contribution in [-0.2, 0) is 0 Å². The lowest BCUT2D eigenvalue weighted by Crippen LogP contribution is -1.96. The number of ether oxygens (including phenoxy) is 1. The predicted octanol–water partition coefficient (Wildman–Crippen LogP) is 6.28. The molecule has 1 nitrogen and oxygen atoms in total. The van der Waals surface area contributed by atoms with E-state index >= 15 is 0 Å². The van der Waals surface area contributed by atoms with Gasteiger partial charge >= 0.3 is 0 Å². The Hall–Kier alpha value is -2.51. The van der Waals surface area contributed by atoms with Gasteiger partial charge in [0.05, 0.1) is 7.11 Å². The minimum Gasteiger partial charge on any atom is -0.497 e. The first-order valence-electron chi connectivity index (χ1n) is 8.38. The molecule has 0 saturated heterocycles. The number of alkyl halides is 1. The summed E-state index contributed by atoms with van der Waals surface area (Å²) in [6.07, 6.45) is 0.807. The molecule has 0 aliphatic heterocycles. The van der Waals surface area contributed by atoms with Gasteiger partial charge in [-0.1, -0.05) is 72.8 Å². The summed E-state index contributed by atoms with van der Waals surface area (Å²) >= 11 is 6.16. The first-order valence-corrected chi connectivity index (χ1v) is 8.91. The van der Waals surface area contributed by atoms with Gasteiger partial charge < -0.3 is 4.74 Å². The highest BCUT2D eigenvalue weighted by Gasteiger charge is 2.13. The number of hydrogen-bond donors (Lipinski definition) is 0. The Morgan fingerprint density at radius 2 is 1.24 bits per heavy atom. The molecule has 0 aromatic heterocycles. The molecule has 2 heteroatoms. The van der Waals surface area contributed by atoms with Gasteiger partial charge in [-0.3, -0.25) is 0 Å². The van der Waals surface area contributed by atoms with Crippen LogP contribution in [0.25, 0.3) is 11.1 Å². The molecule has 0 amide bonds. The standard InChI is InChI=1S/C23H21ClO/c1-25-21-14-12-20(13-15-21)23(19-10-6-3-7-11-19)22(16-17-24)18-8-4-2-5-9-18/h2-15H,16-17H2,1H3/b23-22+. The van der Waals surface area contributed by atoms with Crippen LogP contribution in [0.3, 0.4) is 0 Å². The smallest absolute Gasteiger partial charge is 0.118 e. The fourth-order valence-corrected chi connectivity index (χ4v) is 3.21. The molecule has 0 atom stereocenters. The van der Waals surface area contributed by atoms with Crippen molar-refractivity contribution >= 4 is 22.7 Å². The molecule has 0 radical (unpaired) electrons. The molecule has 0 heterocycles. The van der Waals surface area contributed by atoms with E-state index in [-0.39, 0.29) is 0 Å². The summed E-state index contributed by atoms with van der Waals surface area (Å²) in [6.45, 7) is 0. The summed E-state index contributed by atoms with van der Waals surface area (Å²) in [6, 6.07) is 29.2. The summed E-state index contributed by atoms with van der Waals surface area (Å²) in [7, 11) is 1.69. The molecule has 0 aliphatic carbocycles. The van der Waals surface area contributed by atoms with Crippen LogP contribution in [0.5, 0.6) is 5.75 Å². The van der Waals surface area contributed by atoms with Gasteiger partial charge in [0.1, 0.15) is 5.75 Å². The first-order chi connectivity index (χ1) is 12.3. The molecule has 0 bridgehead atoms. The Labute approximate surface area is 154 Å². The van der Waals surface area contributed by atoms with E-state index < -0.39 is 0 Å². The van der Waals surface area contributed by atoms with E-state index in [9.17, 15) is 0 Å². The number of benzene rings is 3. The lowest BCUT2D eigenvalue weighted by Gasteiger charge is -2.17. The monoisotopic (exact) mass is 348 g/mol. The van der Waals surface area contributed by atoms with Crippen LogP contribution < -0.4 is 4.74 Å². The SMILES string of the molecule is COc1ccc(/C(=C(\CCCl)c2ccccc2)c2ccccc2)cc1. The molecule has 3 aromatic carbocycles. The second-order valence-electron chi connectivity index (χ2n) is 5.75. The number of halogens is 1. The molecule has 0 N–H and O–H groups in total. The Bertz CT molecular complexity index is 821. The molecule has 0 saturated carbocycles. The zero-order valence-corrected chi connectivity index (χ0v) is 15.0.